The molecule has 0 atom stereocenters. The summed E-state index contributed by atoms with van der Waals surface area (Å²) in [6, 6.07) is 15.5. The highest BCUT2D eigenvalue weighted by atomic mass is 79.9. The Morgan fingerprint density at radius 2 is 1.81 bits per heavy atom. The van der Waals surface area contributed by atoms with E-state index in [9.17, 15) is 9.59 Å². The van der Waals surface area contributed by atoms with Crippen LogP contribution < -0.4 is 4.90 Å². The van der Waals surface area contributed by atoms with E-state index in [2.05, 4.69) is 15.9 Å². The number of hydrogen-bond acceptors (Lipinski definition) is 4. The lowest BCUT2D eigenvalue weighted by molar-refractivity contribution is -0.121. The number of rotatable bonds is 2. The molecule has 0 saturated carbocycles. The number of hydrogen-bond donors (Lipinski definition) is 0. The molecule has 1 saturated heterocycles. The lowest BCUT2D eigenvalue weighted by atomic mass is 10.1. The molecule has 2 aromatic carbocycles. The Bertz CT molecular complexity index is 988. The lowest BCUT2D eigenvalue weighted by Gasteiger charge is -2.17. The average molecular weight is 445 g/mol. The molecule has 4 rings (SSSR count). The Hall–Kier alpha value is -1.96. The number of likely N-dealkylation sites (N-methyl/N-ethyl adjacent to an activating group) is 1. The maximum absolute atomic E-state index is 13.2. The molecule has 0 bridgehead atoms. The monoisotopic (exact) mass is 444 g/mol. The van der Waals surface area contributed by atoms with Gasteiger partial charge in [0.15, 0.2) is 0 Å². The van der Waals surface area contributed by atoms with E-state index in [4.69, 9.17) is 12.2 Å². The number of amides is 2. The van der Waals surface area contributed by atoms with E-state index in [0.29, 0.717) is 21.3 Å². The van der Waals surface area contributed by atoms with Gasteiger partial charge >= 0.3 is 0 Å². The SMILES string of the molecule is CN1C(=O)/C(=C2\C(=O)N(Cc3ccccc3)c3ccc(Br)cc32)SC1=S. The summed E-state index contributed by atoms with van der Waals surface area (Å²) in [6.07, 6.45) is 0. The van der Waals surface area contributed by atoms with Crippen molar-refractivity contribution in [1.82, 2.24) is 4.90 Å². The molecule has 0 aliphatic carbocycles. The quantitative estimate of drug-likeness (QED) is 0.514. The van der Waals surface area contributed by atoms with Crippen LogP contribution in [-0.2, 0) is 16.1 Å². The summed E-state index contributed by atoms with van der Waals surface area (Å²) in [4.78, 5) is 29.4. The Labute approximate surface area is 169 Å². The topological polar surface area (TPSA) is 40.6 Å². The fourth-order valence-electron chi connectivity index (χ4n) is 3.04. The zero-order valence-electron chi connectivity index (χ0n) is 13.7. The van der Waals surface area contributed by atoms with Gasteiger partial charge in [-0.15, -0.1) is 0 Å². The number of thiocarbonyl (C=S) groups is 1. The Kier molecular flexibility index (Phi) is 4.46. The largest absolute Gasteiger partial charge is 0.303 e. The zero-order chi connectivity index (χ0) is 18.4. The fraction of sp³-hybridized carbons (Fsp3) is 0.105. The van der Waals surface area contributed by atoms with Crippen molar-refractivity contribution in [1.29, 1.82) is 0 Å². The molecule has 0 radical (unpaired) electrons. The number of nitrogens with zero attached hydrogens (tertiary/aromatic N) is 2. The number of thioether (sulfide) groups is 1. The van der Waals surface area contributed by atoms with Gasteiger partial charge in [0.25, 0.3) is 11.8 Å². The minimum absolute atomic E-state index is 0.170. The van der Waals surface area contributed by atoms with Gasteiger partial charge in [0, 0.05) is 17.1 Å². The summed E-state index contributed by atoms with van der Waals surface area (Å²) in [6.45, 7) is 0.449. The van der Waals surface area contributed by atoms with Crippen LogP contribution in [0.15, 0.2) is 57.9 Å². The van der Waals surface area contributed by atoms with Gasteiger partial charge in [0.1, 0.15) is 4.32 Å². The minimum Gasteiger partial charge on any atom is -0.303 e. The molecule has 2 aliphatic rings. The van der Waals surface area contributed by atoms with Crippen LogP contribution in [-0.4, -0.2) is 28.1 Å². The second kappa shape index (κ2) is 6.64. The molecule has 0 unspecified atom stereocenters. The Morgan fingerprint density at radius 3 is 2.46 bits per heavy atom. The number of carbonyl (C=O) groups excluding carboxylic acids is 2. The van der Waals surface area contributed by atoms with Crippen molar-refractivity contribution in [3.8, 4) is 0 Å². The smallest absolute Gasteiger partial charge is 0.266 e. The van der Waals surface area contributed by atoms with Gasteiger partial charge < -0.3 is 4.90 Å². The molecule has 0 aromatic heterocycles. The van der Waals surface area contributed by atoms with Crippen molar-refractivity contribution in [2.24, 2.45) is 0 Å². The molecule has 2 amide bonds. The fourth-order valence-corrected chi connectivity index (χ4v) is 4.65. The van der Waals surface area contributed by atoms with Crippen molar-refractivity contribution in [2.75, 3.05) is 11.9 Å². The predicted octanol–water partition coefficient (Wildman–Crippen LogP) is 4.20. The number of benzene rings is 2. The molecular weight excluding hydrogens is 432 g/mol. The van der Waals surface area contributed by atoms with Gasteiger partial charge in [-0.05, 0) is 23.8 Å². The molecule has 130 valence electrons. The second-order valence-corrected chi connectivity index (χ2v) is 8.53. The van der Waals surface area contributed by atoms with E-state index in [1.165, 1.54) is 16.7 Å². The lowest BCUT2D eigenvalue weighted by Crippen LogP contribution is -2.27. The number of halogens is 1. The molecule has 0 N–H and O–H groups in total. The maximum Gasteiger partial charge on any atom is 0.266 e. The van der Waals surface area contributed by atoms with Crippen LogP contribution in [0.5, 0.6) is 0 Å². The van der Waals surface area contributed by atoms with Crippen LogP contribution in [0.2, 0.25) is 0 Å². The number of anilines is 1. The van der Waals surface area contributed by atoms with Crippen molar-refractivity contribution in [2.45, 2.75) is 6.54 Å². The first-order chi connectivity index (χ1) is 12.5. The summed E-state index contributed by atoms with van der Waals surface area (Å²) in [7, 11) is 1.63. The molecule has 26 heavy (non-hydrogen) atoms. The van der Waals surface area contributed by atoms with Crippen LogP contribution in [0.3, 0.4) is 0 Å². The van der Waals surface area contributed by atoms with Crippen molar-refractivity contribution in [3.05, 3.63) is 69.0 Å². The van der Waals surface area contributed by atoms with E-state index in [1.807, 2.05) is 48.5 Å². The van der Waals surface area contributed by atoms with Gasteiger partial charge in [-0.2, -0.15) is 0 Å². The summed E-state index contributed by atoms with van der Waals surface area (Å²) in [5, 5.41) is 0. The average Bonchev–Trinajstić information content (AvgIpc) is 3.04. The second-order valence-electron chi connectivity index (χ2n) is 5.97. The van der Waals surface area contributed by atoms with Crippen molar-refractivity contribution < 1.29 is 9.59 Å². The third-order valence-electron chi connectivity index (χ3n) is 4.35. The summed E-state index contributed by atoms with van der Waals surface area (Å²) in [5.74, 6) is -0.397. The number of carbonyl (C=O) groups is 2. The minimum atomic E-state index is -0.226. The number of fused-ring (bicyclic) bond motifs is 1. The highest BCUT2D eigenvalue weighted by Crippen LogP contribution is 2.45. The molecular formula is C19H13BrN2O2S2. The van der Waals surface area contributed by atoms with Gasteiger partial charge in [-0.25, -0.2) is 0 Å². The van der Waals surface area contributed by atoms with Gasteiger partial charge in [0.05, 0.1) is 22.7 Å². The summed E-state index contributed by atoms with van der Waals surface area (Å²) in [5.41, 5.74) is 3.02. The first kappa shape index (κ1) is 17.5. The van der Waals surface area contributed by atoms with E-state index < -0.39 is 0 Å². The van der Waals surface area contributed by atoms with Gasteiger partial charge in [0.2, 0.25) is 0 Å². The molecule has 0 spiro atoms. The third kappa shape index (κ3) is 2.80. The summed E-state index contributed by atoms with van der Waals surface area (Å²) < 4.78 is 1.32. The van der Waals surface area contributed by atoms with Crippen molar-refractivity contribution >= 4 is 67.3 Å². The van der Waals surface area contributed by atoms with Crippen LogP contribution >= 0.6 is 39.9 Å². The van der Waals surface area contributed by atoms with E-state index in [-0.39, 0.29) is 11.8 Å². The highest BCUT2D eigenvalue weighted by Gasteiger charge is 2.41. The van der Waals surface area contributed by atoms with Crippen LogP contribution in [0.4, 0.5) is 5.69 Å². The highest BCUT2D eigenvalue weighted by molar-refractivity contribution is 9.10. The molecule has 7 heteroatoms. The van der Waals surface area contributed by atoms with Crippen LogP contribution in [0.1, 0.15) is 11.1 Å². The predicted molar refractivity (Wildman–Crippen MR) is 112 cm³/mol. The molecule has 4 nitrogen and oxygen atoms in total. The van der Waals surface area contributed by atoms with Crippen molar-refractivity contribution in [3.63, 3.8) is 0 Å². The van der Waals surface area contributed by atoms with Crippen LogP contribution in [0.25, 0.3) is 5.57 Å². The molecule has 2 aromatic rings. The first-order valence-corrected chi connectivity index (χ1v) is 9.89. The summed E-state index contributed by atoms with van der Waals surface area (Å²) >= 11 is 9.88. The Morgan fingerprint density at radius 1 is 1.08 bits per heavy atom. The first-order valence-electron chi connectivity index (χ1n) is 7.87. The van der Waals surface area contributed by atoms with E-state index >= 15 is 0 Å². The molecule has 1 fully saturated rings. The van der Waals surface area contributed by atoms with E-state index in [1.54, 1.807) is 11.9 Å². The maximum atomic E-state index is 13.2. The Balaban J connectivity index is 1.85. The van der Waals surface area contributed by atoms with Gasteiger partial charge in [-0.1, -0.05) is 70.2 Å². The van der Waals surface area contributed by atoms with E-state index in [0.717, 1.165) is 21.3 Å². The van der Waals surface area contributed by atoms with Gasteiger partial charge in [-0.3, -0.25) is 14.5 Å². The molecule has 2 heterocycles. The third-order valence-corrected chi connectivity index (χ3v) is 6.40. The van der Waals surface area contributed by atoms with Crippen LogP contribution in [0, 0.1) is 0 Å². The standard InChI is InChI=1S/C19H13BrN2O2S2/c1-21-18(24)16(26-19(21)25)15-13-9-12(20)7-8-14(13)22(17(15)23)10-11-5-3-2-4-6-11/h2-9H,10H2,1H3/b16-15+. The normalized spacial score (nSPS) is 19.5. The molecule has 2 aliphatic heterocycles. The zero-order valence-corrected chi connectivity index (χ0v) is 17.0.